The van der Waals surface area contributed by atoms with Crippen LogP contribution in [-0.2, 0) is 0 Å². The minimum absolute atomic E-state index is 0.306. The Morgan fingerprint density at radius 3 is 2.00 bits per heavy atom. The van der Waals surface area contributed by atoms with E-state index in [9.17, 15) is 0 Å². The molecule has 0 aromatic rings. The first-order chi connectivity index (χ1) is 4.85. The molecular weight excluding hydrogens is 124 g/mol. The molecule has 2 heteroatoms. The van der Waals surface area contributed by atoms with E-state index >= 15 is 0 Å². The molecule has 0 aliphatic heterocycles. The normalized spacial score (nSPS) is 8.80. The third-order valence-corrected chi connectivity index (χ3v) is 1.46. The van der Waals surface area contributed by atoms with Crippen molar-refractivity contribution in [2.75, 3.05) is 0 Å². The van der Waals surface area contributed by atoms with Gasteiger partial charge in [0.05, 0.1) is 12.1 Å². The Balaban J connectivity index is 3.54. The molecule has 0 bridgehead atoms. The Hall–Kier alpha value is -1.02. The zero-order valence-corrected chi connectivity index (χ0v) is 6.30. The van der Waals surface area contributed by atoms with Crippen molar-refractivity contribution in [2.24, 2.45) is 5.92 Å². The van der Waals surface area contributed by atoms with Crippen molar-refractivity contribution in [2.45, 2.75) is 32.6 Å². The van der Waals surface area contributed by atoms with E-state index in [2.05, 4.69) is 19.1 Å². The van der Waals surface area contributed by atoms with E-state index in [1.165, 1.54) is 0 Å². The van der Waals surface area contributed by atoms with E-state index in [0.717, 1.165) is 12.8 Å². The molecule has 0 radical (unpaired) electrons. The van der Waals surface area contributed by atoms with Crippen LogP contribution < -0.4 is 0 Å². The number of nitrogens with zero attached hydrogens (tertiary/aromatic N) is 2. The zero-order valence-electron chi connectivity index (χ0n) is 6.30. The standard InChI is InChI=1S/C8H12N2/c1-2-3-8(4-6-9)5-7-10/h8H,2-5H2,1H3. The fourth-order valence-corrected chi connectivity index (χ4v) is 0.943. The fourth-order valence-electron chi connectivity index (χ4n) is 0.943. The molecule has 0 rings (SSSR count). The average Bonchev–Trinajstić information content (AvgIpc) is 1.90. The van der Waals surface area contributed by atoms with Crippen molar-refractivity contribution in [3.8, 4) is 12.1 Å². The maximum atomic E-state index is 8.33. The van der Waals surface area contributed by atoms with Gasteiger partial charge in [0.2, 0.25) is 0 Å². The largest absolute Gasteiger partial charge is 0.198 e. The Labute approximate surface area is 62.1 Å². The van der Waals surface area contributed by atoms with Crippen LogP contribution in [0.3, 0.4) is 0 Å². The van der Waals surface area contributed by atoms with Crippen molar-refractivity contribution in [3.05, 3.63) is 0 Å². The van der Waals surface area contributed by atoms with E-state index in [0.29, 0.717) is 18.8 Å². The lowest BCUT2D eigenvalue weighted by Gasteiger charge is -2.05. The van der Waals surface area contributed by atoms with Crippen LogP contribution in [0.25, 0.3) is 0 Å². The molecule has 0 unspecified atom stereocenters. The van der Waals surface area contributed by atoms with E-state index < -0.39 is 0 Å². The van der Waals surface area contributed by atoms with Crippen molar-refractivity contribution in [1.29, 1.82) is 10.5 Å². The van der Waals surface area contributed by atoms with Gasteiger partial charge in [0.1, 0.15) is 0 Å². The first kappa shape index (κ1) is 8.98. The predicted molar refractivity (Wildman–Crippen MR) is 38.9 cm³/mol. The zero-order chi connectivity index (χ0) is 7.82. The Kier molecular flexibility index (Phi) is 5.48. The molecule has 0 atom stereocenters. The smallest absolute Gasteiger partial charge is 0.0625 e. The SMILES string of the molecule is CCCC(CC#N)CC#N. The number of hydrogen-bond donors (Lipinski definition) is 0. The Morgan fingerprint density at radius 1 is 1.20 bits per heavy atom. The quantitative estimate of drug-likeness (QED) is 0.595. The van der Waals surface area contributed by atoms with E-state index in [1.54, 1.807) is 0 Å². The van der Waals surface area contributed by atoms with Crippen LogP contribution in [0.15, 0.2) is 0 Å². The summed E-state index contributed by atoms with van der Waals surface area (Å²) in [6, 6.07) is 4.17. The van der Waals surface area contributed by atoms with Gasteiger partial charge in [-0.2, -0.15) is 10.5 Å². The minimum atomic E-state index is 0.306. The summed E-state index contributed by atoms with van der Waals surface area (Å²) in [7, 11) is 0. The third-order valence-electron chi connectivity index (χ3n) is 1.46. The first-order valence-corrected chi connectivity index (χ1v) is 3.59. The highest BCUT2D eigenvalue weighted by Crippen LogP contribution is 2.13. The number of nitriles is 2. The molecule has 0 N–H and O–H groups in total. The average molecular weight is 136 g/mol. The summed E-state index contributed by atoms with van der Waals surface area (Å²) >= 11 is 0. The second kappa shape index (κ2) is 6.11. The van der Waals surface area contributed by atoms with Gasteiger partial charge in [-0.1, -0.05) is 13.3 Å². The highest BCUT2D eigenvalue weighted by atomic mass is 14.3. The summed E-state index contributed by atoms with van der Waals surface area (Å²) in [5.41, 5.74) is 0. The topological polar surface area (TPSA) is 47.6 Å². The summed E-state index contributed by atoms with van der Waals surface area (Å²) < 4.78 is 0. The van der Waals surface area contributed by atoms with Gasteiger partial charge in [-0.05, 0) is 12.3 Å². The summed E-state index contributed by atoms with van der Waals surface area (Å²) in [4.78, 5) is 0. The molecule has 54 valence electrons. The van der Waals surface area contributed by atoms with Gasteiger partial charge >= 0.3 is 0 Å². The van der Waals surface area contributed by atoms with E-state index in [4.69, 9.17) is 10.5 Å². The second-order valence-electron chi connectivity index (χ2n) is 2.38. The molecule has 0 amide bonds. The second-order valence-corrected chi connectivity index (χ2v) is 2.38. The number of hydrogen-bond acceptors (Lipinski definition) is 2. The monoisotopic (exact) mass is 136 g/mol. The Bertz CT molecular complexity index is 134. The highest BCUT2D eigenvalue weighted by molar-refractivity contribution is 4.82. The van der Waals surface area contributed by atoms with Crippen LogP contribution in [0.2, 0.25) is 0 Å². The molecule has 0 aliphatic carbocycles. The molecule has 0 aromatic carbocycles. The van der Waals surface area contributed by atoms with Crippen LogP contribution in [0, 0.1) is 28.6 Å². The molecule has 2 nitrogen and oxygen atoms in total. The summed E-state index contributed by atoms with van der Waals surface area (Å²) in [5, 5.41) is 16.7. The lowest BCUT2D eigenvalue weighted by Crippen LogP contribution is -1.96. The maximum absolute atomic E-state index is 8.33. The predicted octanol–water partition coefficient (Wildman–Crippen LogP) is 2.23. The molecule has 0 spiro atoms. The maximum Gasteiger partial charge on any atom is 0.0625 e. The van der Waals surface area contributed by atoms with Crippen molar-refractivity contribution < 1.29 is 0 Å². The summed E-state index contributed by atoms with van der Waals surface area (Å²) in [5.74, 6) is 0.306. The van der Waals surface area contributed by atoms with E-state index in [1.807, 2.05) is 0 Å². The molecule has 10 heavy (non-hydrogen) atoms. The van der Waals surface area contributed by atoms with Crippen molar-refractivity contribution in [3.63, 3.8) is 0 Å². The summed E-state index contributed by atoms with van der Waals surface area (Å²) in [6.07, 6.45) is 3.12. The molecule has 0 fully saturated rings. The molecule has 0 heterocycles. The Morgan fingerprint density at radius 2 is 1.70 bits per heavy atom. The van der Waals surface area contributed by atoms with E-state index in [-0.39, 0.29) is 0 Å². The molecule has 0 aliphatic rings. The lowest BCUT2D eigenvalue weighted by molar-refractivity contribution is 0.500. The van der Waals surface area contributed by atoms with Crippen LogP contribution in [0.4, 0.5) is 0 Å². The summed E-state index contributed by atoms with van der Waals surface area (Å²) in [6.45, 7) is 2.07. The van der Waals surface area contributed by atoms with Gasteiger partial charge in [0.25, 0.3) is 0 Å². The molecule has 0 saturated carbocycles. The van der Waals surface area contributed by atoms with Gasteiger partial charge in [-0.15, -0.1) is 0 Å². The van der Waals surface area contributed by atoms with Crippen LogP contribution in [0.1, 0.15) is 32.6 Å². The molecular formula is C8H12N2. The third kappa shape index (κ3) is 3.92. The minimum Gasteiger partial charge on any atom is -0.198 e. The molecule has 0 aromatic heterocycles. The van der Waals surface area contributed by atoms with Crippen LogP contribution in [0.5, 0.6) is 0 Å². The van der Waals surface area contributed by atoms with Crippen molar-refractivity contribution >= 4 is 0 Å². The van der Waals surface area contributed by atoms with Crippen LogP contribution >= 0.6 is 0 Å². The lowest BCUT2D eigenvalue weighted by atomic mass is 9.98. The van der Waals surface area contributed by atoms with Crippen LogP contribution in [-0.4, -0.2) is 0 Å². The van der Waals surface area contributed by atoms with Gasteiger partial charge in [0, 0.05) is 12.8 Å². The van der Waals surface area contributed by atoms with Gasteiger partial charge in [0.15, 0.2) is 0 Å². The van der Waals surface area contributed by atoms with Gasteiger partial charge in [-0.3, -0.25) is 0 Å². The molecule has 0 saturated heterocycles. The highest BCUT2D eigenvalue weighted by Gasteiger charge is 2.04. The fraction of sp³-hybridized carbons (Fsp3) is 0.750. The van der Waals surface area contributed by atoms with Crippen molar-refractivity contribution in [1.82, 2.24) is 0 Å². The van der Waals surface area contributed by atoms with Gasteiger partial charge < -0.3 is 0 Å². The van der Waals surface area contributed by atoms with Gasteiger partial charge in [-0.25, -0.2) is 0 Å². The first-order valence-electron chi connectivity index (χ1n) is 3.59. The number of rotatable bonds is 4.